The van der Waals surface area contributed by atoms with E-state index in [1.54, 1.807) is 6.92 Å². The van der Waals surface area contributed by atoms with E-state index in [0.717, 1.165) is 12.1 Å². The summed E-state index contributed by atoms with van der Waals surface area (Å²) in [7, 11) is 0. The van der Waals surface area contributed by atoms with Gasteiger partial charge in [-0.25, -0.2) is 8.78 Å². The third kappa shape index (κ3) is 4.01. The zero-order valence-electron chi connectivity index (χ0n) is 11.5. The van der Waals surface area contributed by atoms with Crippen molar-refractivity contribution in [2.75, 3.05) is 0 Å². The number of hydrogen-bond donors (Lipinski definition) is 2. The first-order valence-electron chi connectivity index (χ1n) is 6.38. The maximum Gasteiger partial charge on any atom is 0.240 e. The minimum absolute atomic E-state index is 0.151. The van der Waals surface area contributed by atoms with Crippen LogP contribution in [0.25, 0.3) is 0 Å². The maximum atomic E-state index is 13.4. The number of nitrogens with one attached hydrogen (secondary N) is 1. The van der Waals surface area contributed by atoms with Crippen LogP contribution in [0.4, 0.5) is 8.78 Å². The second-order valence-electron chi connectivity index (χ2n) is 4.71. The summed E-state index contributed by atoms with van der Waals surface area (Å²) in [5.74, 6) is -3.04. The second kappa shape index (κ2) is 6.98. The van der Waals surface area contributed by atoms with Gasteiger partial charge in [-0.15, -0.1) is 0 Å². The smallest absolute Gasteiger partial charge is 0.240 e. The van der Waals surface area contributed by atoms with E-state index in [2.05, 4.69) is 5.32 Å². The topological polar surface area (TPSA) is 72.2 Å². The SMILES string of the molecule is CCC(C)[C@H](NC(=O)Cc1c(F)cccc1F)C(N)=O. The Morgan fingerprint density at radius 2 is 1.85 bits per heavy atom. The van der Waals surface area contributed by atoms with Gasteiger partial charge >= 0.3 is 0 Å². The highest BCUT2D eigenvalue weighted by atomic mass is 19.1. The lowest BCUT2D eigenvalue weighted by Crippen LogP contribution is -2.48. The van der Waals surface area contributed by atoms with Crippen LogP contribution in [0, 0.1) is 17.6 Å². The van der Waals surface area contributed by atoms with Crippen molar-refractivity contribution in [1.29, 1.82) is 0 Å². The van der Waals surface area contributed by atoms with Gasteiger partial charge in [-0.1, -0.05) is 26.3 Å². The molecule has 4 nitrogen and oxygen atoms in total. The van der Waals surface area contributed by atoms with E-state index in [9.17, 15) is 18.4 Å². The van der Waals surface area contributed by atoms with E-state index in [4.69, 9.17) is 5.73 Å². The lowest BCUT2D eigenvalue weighted by atomic mass is 9.98. The third-order valence-corrected chi connectivity index (χ3v) is 3.24. The van der Waals surface area contributed by atoms with E-state index in [1.807, 2.05) is 6.92 Å². The average molecular weight is 284 g/mol. The summed E-state index contributed by atoms with van der Waals surface area (Å²) < 4.78 is 26.8. The van der Waals surface area contributed by atoms with Crippen molar-refractivity contribution in [3.63, 3.8) is 0 Å². The molecule has 0 bridgehead atoms. The second-order valence-corrected chi connectivity index (χ2v) is 4.71. The zero-order chi connectivity index (χ0) is 15.3. The first kappa shape index (κ1) is 16.1. The molecule has 0 saturated carbocycles. The molecule has 2 atom stereocenters. The molecule has 0 spiro atoms. The van der Waals surface area contributed by atoms with Crippen LogP contribution in [-0.4, -0.2) is 17.9 Å². The van der Waals surface area contributed by atoms with Crippen molar-refractivity contribution < 1.29 is 18.4 Å². The van der Waals surface area contributed by atoms with Crippen molar-refractivity contribution in [1.82, 2.24) is 5.32 Å². The summed E-state index contributed by atoms with van der Waals surface area (Å²) in [6.45, 7) is 3.61. The van der Waals surface area contributed by atoms with Crippen molar-refractivity contribution in [3.05, 3.63) is 35.4 Å². The van der Waals surface area contributed by atoms with Crippen LogP contribution in [0.3, 0.4) is 0 Å². The molecule has 6 heteroatoms. The number of rotatable bonds is 6. The number of halogens is 2. The molecule has 0 aliphatic heterocycles. The molecule has 0 saturated heterocycles. The Bertz CT molecular complexity index is 486. The van der Waals surface area contributed by atoms with Crippen LogP contribution >= 0.6 is 0 Å². The number of benzene rings is 1. The quantitative estimate of drug-likeness (QED) is 0.831. The molecule has 20 heavy (non-hydrogen) atoms. The summed E-state index contributed by atoms with van der Waals surface area (Å²) in [5.41, 5.74) is 4.89. The molecule has 0 aromatic heterocycles. The third-order valence-electron chi connectivity index (χ3n) is 3.24. The molecular weight excluding hydrogens is 266 g/mol. The lowest BCUT2D eigenvalue weighted by molar-refractivity contribution is -0.128. The normalized spacial score (nSPS) is 13.6. The summed E-state index contributed by atoms with van der Waals surface area (Å²) in [5, 5.41) is 2.42. The molecule has 3 N–H and O–H groups in total. The Hall–Kier alpha value is -1.98. The number of nitrogens with two attached hydrogens (primary N) is 1. The number of amides is 2. The fourth-order valence-electron chi connectivity index (χ4n) is 1.82. The maximum absolute atomic E-state index is 13.4. The molecule has 0 radical (unpaired) electrons. The van der Waals surface area contributed by atoms with Crippen molar-refractivity contribution in [3.8, 4) is 0 Å². The van der Waals surface area contributed by atoms with Crippen LogP contribution in [0.2, 0.25) is 0 Å². The summed E-state index contributed by atoms with van der Waals surface area (Å²) in [4.78, 5) is 23.1. The van der Waals surface area contributed by atoms with Gasteiger partial charge in [0, 0.05) is 5.56 Å². The highest BCUT2D eigenvalue weighted by molar-refractivity contribution is 5.87. The van der Waals surface area contributed by atoms with Crippen LogP contribution in [-0.2, 0) is 16.0 Å². The van der Waals surface area contributed by atoms with Gasteiger partial charge in [0.2, 0.25) is 11.8 Å². The molecule has 0 heterocycles. The monoisotopic (exact) mass is 284 g/mol. The van der Waals surface area contributed by atoms with Gasteiger partial charge in [-0.2, -0.15) is 0 Å². The van der Waals surface area contributed by atoms with Gasteiger partial charge in [0.05, 0.1) is 6.42 Å². The van der Waals surface area contributed by atoms with Gasteiger partial charge in [0.1, 0.15) is 17.7 Å². The Morgan fingerprint density at radius 3 is 2.30 bits per heavy atom. The summed E-state index contributed by atoms with van der Waals surface area (Å²) >= 11 is 0. The van der Waals surface area contributed by atoms with Gasteiger partial charge in [-0.05, 0) is 18.1 Å². The first-order valence-corrected chi connectivity index (χ1v) is 6.38. The Balaban J connectivity index is 2.79. The highest BCUT2D eigenvalue weighted by Crippen LogP contribution is 2.13. The van der Waals surface area contributed by atoms with E-state index in [1.165, 1.54) is 6.07 Å². The molecule has 110 valence electrons. The molecule has 0 fully saturated rings. The largest absolute Gasteiger partial charge is 0.368 e. The van der Waals surface area contributed by atoms with Crippen LogP contribution in [0.15, 0.2) is 18.2 Å². The number of carbonyl (C=O) groups is 2. The molecular formula is C14H18F2N2O2. The summed E-state index contributed by atoms with van der Waals surface area (Å²) in [6.07, 6.45) is 0.167. The summed E-state index contributed by atoms with van der Waals surface area (Å²) in [6, 6.07) is 2.53. The Morgan fingerprint density at radius 1 is 1.30 bits per heavy atom. The zero-order valence-corrected chi connectivity index (χ0v) is 11.5. The van der Waals surface area contributed by atoms with Crippen molar-refractivity contribution in [2.24, 2.45) is 11.7 Å². The van der Waals surface area contributed by atoms with E-state index >= 15 is 0 Å². The van der Waals surface area contributed by atoms with Gasteiger partial charge < -0.3 is 11.1 Å². The molecule has 0 aliphatic carbocycles. The average Bonchev–Trinajstić information content (AvgIpc) is 2.39. The predicted octanol–water partition coefficient (Wildman–Crippen LogP) is 1.52. The molecule has 1 aromatic rings. The molecule has 2 amide bonds. The van der Waals surface area contributed by atoms with Gasteiger partial charge in [0.15, 0.2) is 0 Å². The van der Waals surface area contributed by atoms with Crippen LogP contribution in [0.5, 0.6) is 0 Å². The lowest BCUT2D eigenvalue weighted by Gasteiger charge is -2.21. The minimum atomic E-state index is -0.845. The van der Waals surface area contributed by atoms with Crippen LogP contribution in [0.1, 0.15) is 25.8 Å². The van der Waals surface area contributed by atoms with Crippen molar-refractivity contribution >= 4 is 11.8 Å². The minimum Gasteiger partial charge on any atom is -0.368 e. The number of hydrogen-bond acceptors (Lipinski definition) is 2. The fraction of sp³-hybridized carbons (Fsp3) is 0.429. The first-order chi connectivity index (χ1) is 9.36. The molecule has 1 unspecified atom stereocenters. The van der Waals surface area contributed by atoms with Gasteiger partial charge in [0.25, 0.3) is 0 Å². The highest BCUT2D eigenvalue weighted by Gasteiger charge is 2.24. The van der Waals surface area contributed by atoms with Crippen LogP contribution < -0.4 is 11.1 Å². The number of carbonyl (C=O) groups excluding carboxylic acids is 2. The standard InChI is InChI=1S/C14H18F2N2O2/c1-3-8(2)13(14(17)20)18-12(19)7-9-10(15)5-4-6-11(9)16/h4-6,8,13H,3,7H2,1-2H3,(H2,17,20)(H,18,19)/t8?,13-/m0/s1. The molecule has 0 aliphatic rings. The molecule has 1 aromatic carbocycles. The Kier molecular flexibility index (Phi) is 5.61. The predicted molar refractivity (Wildman–Crippen MR) is 70.6 cm³/mol. The van der Waals surface area contributed by atoms with E-state index < -0.39 is 35.9 Å². The fourth-order valence-corrected chi connectivity index (χ4v) is 1.82. The number of primary amides is 1. The Labute approximate surface area is 116 Å². The van der Waals surface area contributed by atoms with Crippen molar-refractivity contribution in [2.45, 2.75) is 32.7 Å². The molecule has 1 rings (SSSR count). The van der Waals surface area contributed by atoms with E-state index in [-0.39, 0.29) is 11.5 Å². The van der Waals surface area contributed by atoms with Gasteiger partial charge in [-0.3, -0.25) is 9.59 Å². The van der Waals surface area contributed by atoms with E-state index in [0.29, 0.717) is 6.42 Å².